The number of carbonyl (C=O) groups excluding carboxylic acids is 1. The van der Waals surface area contributed by atoms with E-state index in [-0.39, 0.29) is 11.7 Å². The topological polar surface area (TPSA) is 80.9 Å². The van der Waals surface area contributed by atoms with Crippen LogP contribution >= 0.6 is 23.4 Å². The normalized spacial score (nSPS) is 10.6. The molecule has 0 spiro atoms. The predicted molar refractivity (Wildman–Crippen MR) is 127 cm³/mol. The first-order valence-electron chi connectivity index (χ1n) is 9.54. The van der Waals surface area contributed by atoms with Gasteiger partial charge in [-0.1, -0.05) is 71.4 Å². The number of hydrogen-bond acceptors (Lipinski definition) is 5. The van der Waals surface area contributed by atoms with Crippen molar-refractivity contribution in [1.82, 2.24) is 9.97 Å². The van der Waals surface area contributed by atoms with E-state index in [9.17, 15) is 4.79 Å². The number of nitrogen functional groups attached to an aromatic ring is 1. The number of rotatable bonds is 5. The third-order valence-corrected chi connectivity index (χ3v) is 5.76. The fraction of sp³-hybridized carbons (Fsp3) is 0.0417. The second kappa shape index (κ2) is 9.20. The van der Waals surface area contributed by atoms with Crippen LogP contribution in [0.1, 0.15) is 15.9 Å². The fourth-order valence-corrected chi connectivity index (χ4v) is 3.88. The molecule has 0 aliphatic heterocycles. The molecular formula is C24H19ClN4OS. The summed E-state index contributed by atoms with van der Waals surface area (Å²) in [5.74, 6) is 0.383. The van der Waals surface area contributed by atoms with Gasteiger partial charge in [0.05, 0.1) is 0 Å². The minimum atomic E-state index is -0.315. The number of aryl methyl sites for hydroxylation is 1. The zero-order valence-electron chi connectivity index (χ0n) is 16.7. The van der Waals surface area contributed by atoms with Crippen LogP contribution < -0.4 is 11.1 Å². The van der Waals surface area contributed by atoms with E-state index in [1.165, 1.54) is 11.8 Å². The van der Waals surface area contributed by atoms with Crippen molar-refractivity contribution in [1.29, 1.82) is 0 Å². The maximum Gasteiger partial charge on any atom is 0.255 e. The quantitative estimate of drug-likeness (QED) is 0.362. The Labute approximate surface area is 189 Å². The molecule has 0 bridgehead atoms. The molecule has 3 N–H and O–H groups in total. The summed E-state index contributed by atoms with van der Waals surface area (Å²) in [6, 6.07) is 24.3. The largest absolute Gasteiger partial charge is 0.382 e. The maximum atomic E-state index is 12.8. The molecule has 154 valence electrons. The van der Waals surface area contributed by atoms with Gasteiger partial charge < -0.3 is 11.1 Å². The highest BCUT2D eigenvalue weighted by Crippen LogP contribution is 2.36. The molecule has 1 aromatic heterocycles. The van der Waals surface area contributed by atoms with Gasteiger partial charge >= 0.3 is 0 Å². The van der Waals surface area contributed by atoms with Gasteiger partial charge in [0.25, 0.3) is 5.91 Å². The number of hydrogen-bond donors (Lipinski definition) is 2. The Balaban J connectivity index is 1.74. The first-order valence-corrected chi connectivity index (χ1v) is 10.7. The van der Waals surface area contributed by atoms with E-state index >= 15 is 0 Å². The molecule has 5 nitrogen and oxygen atoms in total. The van der Waals surface area contributed by atoms with Crippen molar-refractivity contribution < 1.29 is 4.79 Å². The zero-order chi connectivity index (χ0) is 21.8. The molecule has 0 saturated carbocycles. The number of nitrogens with two attached hydrogens (primary N) is 1. The zero-order valence-corrected chi connectivity index (χ0v) is 18.2. The van der Waals surface area contributed by atoms with Crippen LogP contribution in [0.25, 0.3) is 11.4 Å². The summed E-state index contributed by atoms with van der Waals surface area (Å²) in [6.07, 6.45) is 0. The number of aromatic nitrogens is 2. The summed E-state index contributed by atoms with van der Waals surface area (Å²) in [4.78, 5) is 22.9. The van der Waals surface area contributed by atoms with E-state index in [2.05, 4.69) is 10.3 Å². The average Bonchev–Trinajstić information content (AvgIpc) is 2.78. The molecule has 31 heavy (non-hydrogen) atoms. The molecule has 4 rings (SSSR count). The fourth-order valence-electron chi connectivity index (χ4n) is 2.87. The smallest absolute Gasteiger partial charge is 0.255 e. The lowest BCUT2D eigenvalue weighted by molar-refractivity contribution is 0.102. The summed E-state index contributed by atoms with van der Waals surface area (Å²) in [5.41, 5.74) is 9.13. The van der Waals surface area contributed by atoms with Crippen molar-refractivity contribution in [3.8, 4) is 11.4 Å². The summed E-state index contributed by atoms with van der Waals surface area (Å²) in [6.45, 7) is 2.03. The lowest BCUT2D eigenvalue weighted by atomic mass is 10.2. The Hall–Kier alpha value is -3.35. The van der Waals surface area contributed by atoms with Gasteiger partial charge in [0.15, 0.2) is 11.6 Å². The minimum Gasteiger partial charge on any atom is -0.382 e. The van der Waals surface area contributed by atoms with E-state index in [1.54, 1.807) is 24.3 Å². The molecule has 0 fully saturated rings. The Kier molecular flexibility index (Phi) is 6.21. The van der Waals surface area contributed by atoms with Crippen LogP contribution in [0, 0.1) is 6.92 Å². The van der Waals surface area contributed by atoms with Crippen molar-refractivity contribution in [2.24, 2.45) is 0 Å². The summed E-state index contributed by atoms with van der Waals surface area (Å²) in [5, 5.41) is 4.00. The third-order valence-electron chi connectivity index (χ3n) is 4.52. The second-order valence-electron chi connectivity index (χ2n) is 6.85. The van der Waals surface area contributed by atoms with Gasteiger partial charge in [0.1, 0.15) is 10.7 Å². The molecule has 0 unspecified atom stereocenters. The Morgan fingerprint density at radius 2 is 1.61 bits per heavy atom. The highest BCUT2D eigenvalue weighted by atomic mass is 35.5. The molecule has 1 amide bonds. The monoisotopic (exact) mass is 446 g/mol. The number of nitrogens with one attached hydrogen (secondary N) is 1. The van der Waals surface area contributed by atoms with Crippen molar-refractivity contribution in [2.75, 3.05) is 11.1 Å². The van der Waals surface area contributed by atoms with Crippen molar-refractivity contribution >= 4 is 40.8 Å². The first kappa shape index (κ1) is 20.9. The van der Waals surface area contributed by atoms with Gasteiger partial charge in [-0.2, -0.15) is 0 Å². The van der Waals surface area contributed by atoms with Crippen LogP contribution in [0.2, 0.25) is 5.02 Å². The summed E-state index contributed by atoms with van der Waals surface area (Å²) < 4.78 is 0. The van der Waals surface area contributed by atoms with Crippen LogP contribution in [0.5, 0.6) is 0 Å². The molecule has 0 saturated heterocycles. The number of amides is 1. The van der Waals surface area contributed by atoms with Crippen molar-refractivity contribution in [2.45, 2.75) is 16.8 Å². The first-order chi connectivity index (χ1) is 15.0. The highest BCUT2D eigenvalue weighted by Gasteiger charge is 2.18. The van der Waals surface area contributed by atoms with E-state index in [4.69, 9.17) is 22.3 Å². The molecule has 0 radical (unpaired) electrons. The van der Waals surface area contributed by atoms with Gasteiger partial charge in [0.2, 0.25) is 0 Å². The van der Waals surface area contributed by atoms with Gasteiger partial charge in [-0.25, -0.2) is 9.97 Å². The second-order valence-corrected chi connectivity index (χ2v) is 8.35. The molecule has 0 aliphatic rings. The third kappa shape index (κ3) is 5.05. The number of anilines is 2. The van der Waals surface area contributed by atoms with E-state index < -0.39 is 0 Å². The van der Waals surface area contributed by atoms with E-state index in [0.717, 1.165) is 16.0 Å². The summed E-state index contributed by atoms with van der Waals surface area (Å²) in [7, 11) is 0. The minimum absolute atomic E-state index is 0.200. The lowest BCUT2D eigenvalue weighted by Crippen LogP contribution is -2.15. The Bertz CT molecular complexity index is 1210. The molecule has 0 atom stereocenters. The van der Waals surface area contributed by atoms with Crippen LogP contribution in [-0.4, -0.2) is 15.9 Å². The molecule has 3 aromatic carbocycles. The van der Waals surface area contributed by atoms with Gasteiger partial charge in [-0.05, 0) is 43.3 Å². The van der Waals surface area contributed by atoms with E-state index in [1.807, 2.05) is 61.5 Å². The summed E-state index contributed by atoms with van der Waals surface area (Å²) >= 11 is 7.35. The predicted octanol–water partition coefficient (Wildman–Crippen LogP) is 6.09. The van der Waals surface area contributed by atoms with Gasteiger partial charge in [0, 0.05) is 21.0 Å². The van der Waals surface area contributed by atoms with E-state index in [0.29, 0.717) is 27.1 Å². The van der Waals surface area contributed by atoms with Crippen LogP contribution in [0.4, 0.5) is 11.5 Å². The lowest BCUT2D eigenvalue weighted by Gasteiger charge is -2.14. The van der Waals surface area contributed by atoms with Crippen molar-refractivity contribution in [3.05, 3.63) is 95.0 Å². The highest BCUT2D eigenvalue weighted by molar-refractivity contribution is 7.99. The number of halogens is 1. The molecule has 4 aromatic rings. The molecule has 7 heteroatoms. The molecular weight excluding hydrogens is 428 g/mol. The Morgan fingerprint density at radius 3 is 2.29 bits per heavy atom. The van der Waals surface area contributed by atoms with Crippen molar-refractivity contribution in [3.63, 3.8) is 0 Å². The Morgan fingerprint density at radius 1 is 0.935 bits per heavy atom. The molecule has 0 aliphatic carbocycles. The molecule has 1 heterocycles. The SMILES string of the molecule is Cc1ccc(Sc2nc(-c3ccccc3)nc(N)c2NC(=O)c2ccc(Cl)cc2)cc1. The standard InChI is InChI=1S/C24H19ClN4OS/c1-15-7-13-19(14-8-15)31-24-20(27-23(30)17-9-11-18(25)12-10-17)21(26)28-22(29-24)16-5-3-2-4-6-16/h2-14H,1H3,(H,27,30)(H2,26,28,29). The number of carbonyl (C=O) groups is 1. The van der Waals surface area contributed by atoms with Crippen LogP contribution in [0.3, 0.4) is 0 Å². The number of benzene rings is 3. The number of nitrogens with zero attached hydrogens (tertiary/aromatic N) is 2. The van der Waals surface area contributed by atoms with Crippen LogP contribution in [0.15, 0.2) is 88.8 Å². The average molecular weight is 447 g/mol. The maximum absolute atomic E-state index is 12.8. The van der Waals surface area contributed by atoms with Crippen LogP contribution in [-0.2, 0) is 0 Å². The van der Waals surface area contributed by atoms with Gasteiger partial charge in [-0.15, -0.1) is 0 Å². The van der Waals surface area contributed by atoms with Gasteiger partial charge in [-0.3, -0.25) is 4.79 Å².